The van der Waals surface area contributed by atoms with E-state index in [4.69, 9.17) is 4.74 Å². The number of nitrogens with one attached hydrogen (secondary N) is 1. The second-order valence-corrected chi connectivity index (χ2v) is 5.19. The molecular weight excluding hydrogens is 206 g/mol. The zero-order valence-corrected chi connectivity index (χ0v) is 10.1. The molecule has 1 N–H and O–H groups in total. The number of thiophene rings is 1. The van der Waals surface area contributed by atoms with Crippen molar-refractivity contribution in [1.82, 2.24) is 5.32 Å². The van der Waals surface area contributed by atoms with Crippen LogP contribution in [0.3, 0.4) is 0 Å². The van der Waals surface area contributed by atoms with Crippen LogP contribution in [0.4, 0.5) is 0 Å². The molecule has 1 saturated heterocycles. The molecule has 0 saturated carbocycles. The lowest BCUT2D eigenvalue weighted by molar-refractivity contribution is 0.105. The van der Waals surface area contributed by atoms with Crippen molar-refractivity contribution >= 4 is 11.3 Å². The fraction of sp³-hybridized carbons (Fsp3) is 0.667. The Kier molecular flexibility index (Phi) is 4.18. The van der Waals surface area contributed by atoms with Crippen molar-refractivity contribution in [1.29, 1.82) is 0 Å². The van der Waals surface area contributed by atoms with Gasteiger partial charge in [0.2, 0.25) is 0 Å². The van der Waals surface area contributed by atoms with Crippen LogP contribution in [0.2, 0.25) is 0 Å². The van der Waals surface area contributed by atoms with Crippen molar-refractivity contribution in [3.05, 3.63) is 22.4 Å². The quantitative estimate of drug-likeness (QED) is 0.776. The number of hydrogen-bond acceptors (Lipinski definition) is 3. The molecule has 1 aliphatic rings. The summed E-state index contributed by atoms with van der Waals surface area (Å²) in [5, 5.41) is 5.66. The third-order valence-corrected chi connectivity index (χ3v) is 4.00. The maximum Gasteiger partial charge on any atom is 0.0588 e. The second kappa shape index (κ2) is 5.64. The fourth-order valence-electron chi connectivity index (χ4n) is 2.00. The highest BCUT2D eigenvalue weighted by molar-refractivity contribution is 7.09. The van der Waals surface area contributed by atoms with Gasteiger partial charge in [0.15, 0.2) is 0 Å². The molecule has 0 bridgehead atoms. The van der Waals surface area contributed by atoms with Gasteiger partial charge in [0.05, 0.1) is 6.10 Å². The molecule has 1 aromatic rings. The van der Waals surface area contributed by atoms with Gasteiger partial charge in [0.25, 0.3) is 0 Å². The smallest absolute Gasteiger partial charge is 0.0588 e. The molecule has 0 spiro atoms. The largest absolute Gasteiger partial charge is 0.378 e. The van der Waals surface area contributed by atoms with Crippen molar-refractivity contribution < 1.29 is 4.74 Å². The molecule has 1 aromatic heterocycles. The van der Waals surface area contributed by atoms with E-state index in [9.17, 15) is 0 Å². The van der Waals surface area contributed by atoms with Gasteiger partial charge in [-0.2, -0.15) is 0 Å². The number of rotatable bonds is 5. The van der Waals surface area contributed by atoms with Crippen molar-refractivity contribution in [2.45, 2.75) is 25.9 Å². The maximum atomic E-state index is 5.53. The van der Waals surface area contributed by atoms with Crippen LogP contribution in [-0.4, -0.2) is 25.8 Å². The topological polar surface area (TPSA) is 21.3 Å². The molecule has 2 heterocycles. The summed E-state index contributed by atoms with van der Waals surface area (Å²) in [6, 6.07) is 4.32. The highest BCUT2D eigenvalue weighted by Crippen LogP contribution is 2.19. The van der Waals surface area contributed by atoms with Gasteiger partial charge < -0.3 is 10.1 Å². The average molecular weight is 225 g/mol. The Morgan fingerprint density at radius 2 is 2.53 bits per heavy atom. The Morgan fingerprint density at radius 3 is 3.20 bits per heavy atom. The van der Waals surface area contributed by atoms with E-state index in [1.165, 1.54) is 11.3 Å². The molecule has 2 unspecified atom stereocenters. The Bertz CT molecular complexity index is 273. The lowest BCUT2D eigenvalue weighted by atomic mass is 10.0. The van der Waals surface area contributed by atoms with Crippen molar-refractivity contribution in [2.75, 3.05) is 19.7 Å². The van der Waals surface area contributed by atoms with Gasteiger partial charge in [-0.05, 0) is 43.7 Å². The van der Waals surface area contributed by atoms with E-state index in [0.717, 1.165) is 26.1 Å². The highest BCUT2D eigenvalue weighted by atomic mass is 32.1. The normalized spacial score (nSPS) is 25.9. The van der Waals surface area contributed by atoms with Crippen LogP contribution >= 0.6 is 11.3 Å². The SMILES string of the molecule is CC1OCCC1CNCCc1cccs1. The minimum atomic E-state index is 0.444. The zero-order valence-electron chi connectivity index (χ0n) is 9.24. The van der Waals surface area contributed by atoms with Gasteiger partial charge in [0, 0.05) is 18.0 Å². The lowest BCUT2D eigenvalue weighted by Crippen LogP contribution is -2.28. The average Bonchev–Trinajstić information content (AvgIpc) is 2.85. The Balaban J connectivity index is 1.59. The third-order valence-electron chi connectivity index (χ3n) is 3.07. The molecule has 84 valence electrons. The van der Waals surface area contributed by atoms with Gasteiger partial charge >= 0.3 is 0 Å². The monoisotopic (exact) mass is 225 g/mol. The molecule has 0 amide bonds. The molecule has 1 fully saturated rings. The van der Waals surface area contributed by atoms with Crippen LogP contribution in [0, 0.1) is 5.92 Å². The molecule has 0 radical (unpaired) electrons. The van der Waals surface area contributed by atoms with Gasteiger partial charge in [-0.25, -0.2) is 0 Å². The van der Waals surface area contributed by atoms with Gasteiger partial charge in [0.1, 0.15) is 0 Å². The van der Waals surface area contributed by atoms with Crippen molar-refractivity contribution in [3.8, 4) is 0 Å². The molecule has 2 rings (SSSR count). The summed E-state index contributed by atoms with van der Waals surface area (Å²) in [6.45, 7) is 5.31. The van der Waals surface area contributed by atoms with E-state index in [-0.39, 0.29) is 0 Å². The highest BCUT2D eigenvalue weighted by Gasteiger charge is 2.23. The van der Waals surface area contributed by atoms with Crippen LogP contribution in [0.1, 0.15) is 18.2 Å². The summed E-state index contributed by atoms with van der Waals surface area (Å²) < 4.78 is 5.53. The van der Waals surface area contributed by atoms with Crippen LogP contribution in [0.15, 0.2) is 17.5 Å². The molecule has 0 aliphatic carbocycles. The third kappa shape index (κ3) is 3.30. The summed E-state index contributed by atoms with van der Waals surface area (Å²) in [4.78, 5) is 1.47. The first-order chi connectivity index (χ1) is 7.36. The Labute approximate surface area is 95.6 Å². The molecule has 2 nitrogen and oxygen atoms in total. The first-order valence-corrected chi connectivity index (χ1v) is 6.59. The minimum absolute atomic E-state index is 0.444. The molecule has 0 aromatic carbocycles. The zero-order chi connectivity index (χ0) is 10.5. The van der Waals surface area contributed by atoms with Crippen LogP contribution in [-0.2, 0) is 11.2 Å². The van der Waals surface area contributed by atoms with Crippen LogP contribution < -0.4 is 5.32 Å². The summed E-state index contributed by atoms with van der Waals surface area (Å²) in [5.74, 6) is 0.716. The number of hydrogen-bond donors (Lipinski definition) is 1. The Hall–Kier alpha value is -0.380. The van der Waals surface area contributed by atoms with E-state index < -0.39 is 0 Å². The van der Waals surface area contributed by atoms with Gasteiger partial charge in [-0.1, -0.05) is 6.07 Å². The summed E-state index contributed by atoms with van der Waals surface area (Å²) in [5.41, 5.74) is 0. The molecule has 1 aliphatic heterocycles. The fourth-order valence-corrected chi connectivity index (χ4v) is 2.71. The van der Waals surface area contributed by atoms with Crippen molar-refractivity contribution in [3.63, 3.8) is 0 Å². The van der Waals surface area contributed by atoms with E-state index >= 15 is 0 Å². The van der Waals surface area contributed by atoms with Crippen molar-refractivity contribution in [2.24, 2.45) is 5.92 Å². The summed E-state index contributed by atoms with van der Waals surface area (Å²) >= 11 is 1.84. The van der Waals surface area contributed by atoms with Gasteiger partial charge in [-0.15, -0.1) is 11.3 Å². The molecular formula is C12H19NOS. The lowest BCUT2D eigenvalue weighted by Gasteiger charge is -2.14. The second-order valence-electron chi connectivity index (χ2n) is 4.16. The van der Waals surface area contributed by atoms with Gasteiger partial charge in [-0.3, -0.25) is 0 Å². The summed E-state index contributed by atoms with van der Waals surface area (Å²) in [7, 11) is 0. The number of ether oxygens (including phenoxy) is 1. The van der Waals surface area contributed by atoms with E-state index in [1.54, 1.807) is 0 Å². The first kappa shape index (κ1) is 11.1. The Morgan fingerprint density at radius 1 is 1.60 bits per heavy atom. The van der Waals surface area contributed by atoms with E-state index in [1.807, 2.05) is 11.3 Å². The first-order valence-electron chi connectivity index (χ1n) is 5.71. The molecule has 15 heavy (non-hydrogen) atoms. The van der Waals surface area contributed by atoms with Crippen LogP contribution in [0.25, 0.3) is 0 Å². The van der Waals surface area contributed by atoms with E-state index in [2.05, 4.69) is 29.8 Å². The predicted octanol–water partition coefficient (Wildman–Crippen LogP) is 2.31. The minimum Gasteiger partial charge on any atom is -0.378 e. The predicted molar refractivity (Wildman–Crippen MR) is 64.4 cm³/mol. The molecule has 3 heteroatoms. The maximum absolute atomic E-state index is 5.53. The summed E-state index contributed by atoms with van der Waals surface area (Å²) in [6.07, 6.45) is 2.81. The van der Waals surface area contributed by atoms with E-state index in [0.29, 0.717) is 12.0 Å². The molecule has 2 atom stereocenters. The standard InChI is InChI=1S/C12H19NOS/c1-10-11(5-7-14-10)9-13-6-4-12-3-2-8-15-12/h2-3,8,10-11,13H,4-7,9H2,1H3. The van der Waals surface area contributed by atoms with Crippen LogP contribution in [0.5, 0.6) is 0 Å².